The standard InChI is InChI=1S/C25H28N4O/c1-17-23-24(21-9-8-20(30-2)16-22(21)27-17)29(15-12-18-10-13-26-14-11-18)25(28-23)19-6-4-3-5-7-19/h3-9,16,18,26H,10-15H2,1-2H3. The van der Waals surface area contributed by atoms with Gasteiger partial charge in [0.25, 0.3) is 0 Å². The molecule has 2 aromatic carbocycles. The number of imidazole rings is 1. The number of fused-ring (bicyclic) bond motifs is 3. The zero-order valence-electron chi connectivity index (χ0n) is 17.7. The van der Waals surface area contributed by atoms with Gasteiger partial charge in [0.05, 0.1) is 23.8 Å². The lowest BCUT2D eigenvalue weighted by Crippen LogP contribution is -2.28. The molecule has 30 heavy (non-hydrogen) atoms. The molecule has 0 saturated carbocycles. The van der Waals surface area contributed by atoms with Crippen LogP contribution in [0.4, 0.5) is 0 Å². The Morgan fingerprint density at radius 2 is 1.87 bits per heavy atom. The van der Waals surface area contributed by atoms with Gasteiger partial charge in [-0.3, -0.25) is 4.98 Å². The molecule has 0 spiro atoms. The summed E-state index contributed by atoms with van der Waals surface area (Å²) in [4.78, 5) is 9.94. The number of nitrogens with one attached hydrogen (secondary N) is 1. The molecule has 1 aliphatic heterocycles. The Morgan fingerprint density at radius 3 is 2.63 bits per heavy atom. The summed E-state index contributed by atoms with van der Waals surface area (Å²) in [6.45, 7) is 5.29. The van der Waals surface area contributed by atoms with Gasteiger partial charge in [-0.2, -0.15) is 0 Å². The van der Waals surface area contributed by atoms with Gasteiger partial charge < -0.3 is 14.6 Å². The predicted molar refractivity (Wildman–Crippen MR) is 122 cm³/mol. The number of benzene rings is 2. The lowest BCUT2D eigenvalue weighted by atomic mass is 9.94. The van der Waals surface area contributed by atoms with Crippen molar-refractivity contribution in [3.05, 3.63) is 54.2 Å². The topological polar surface area (TPSA) is 52.0 Å². The summed E-state index contributed by atoms with van der Waals surface area (Å²) >= 11 is 0. The van der Waals surface area contributed by atoms with Crippen LogP contribution in [0, 0.1) is 12.8 Å². The molecular weight excluding hydrogens is 372 g/mol. The number of rotatable bonds is 5. The van der Waals surface area contributed by atoms with E-state index in [-0.39, 0.29) is 0 Å². The third-order valence-electron chi connectivity index (χ3n) is 6.31. The van der Waals surface area contributed by atoms with Crippen LogP contribution in [0.1, 0.15) is 25.0 Å². The highest BCUT2D eigenvalue weighted by molar-refractivity contribution is 6.05. The number of nitrogens with zero attached hydrogens (tertiary/aromatic N) is 3. The Balaban J connectivity index is 1.69. The van der Waals surface area contributed by atoms with E-state index in [0.717, 1.165) is 64.8 Å². The molecule has 0 atom stereocenters. The van der Waals surface area contributed by atoms with Gasteiger partial charge in [0, 0.05) is 23.6 Å². The van der Waals surface area contributed by atoms with Gasteiger partial charge in [0.1, 0.15) is 17.1 Å². The van der Waals surface area contributed by atoms with Crippen molar-refractivity contribution >= 4 is 21.9 Å². The van der Waals surface area contributed by atoms with Gasteiger partial charge in [0.15, 0.2) is 0 Å². The first-order chi connectivity index (χ1) is 14.7. The van der Waals surface area contributed by atoms with Gasteiger partial charge in [0.2, 0.25) is 0 Å². The lowest BCUT2D eigenvalue weighted by molar-refractivity contribution is 0.340. The van der Waals surface area contributed by atoms with Gasteiger partial charge in [-0.25, -0.2) is 4.98 Å². The van der Waals surface area contributed by atoms with E-state index in [1.807, 2.05) is 12.1 Å². The van der Waals surface area contributed by atoms with Gasteiger partial charge in [-0.15, -0.1) is 0 Å². The van der Waals surface area contributed by atoms with Crippen LogP contribution in [0.15, 0.2) is 48.5 Å². The number of piperidine rings is 1. The quantitative estimate of drug-likeness (QED) is 0.515. The van der Waals surface area contributed by atoms with Gasteiger partial charge in [-0.05, 0) is 57.3 Å². The molecule has 3 heterocycles. The fourth-order valence-corrected chi connectivity index (χ4v) is 4.65. The molecule has 5 nitrogen and oxygen atoms in total. The number of hydrogen-bond donors (Lipinski definition) is 1. The summed E-state index contributed by atoms with van der Waals surface area (Å²) in [5, 5.41) is 4.61. The first-order valence-corrected chi connectivity index (χ1v) is 10.9. The average molecular weight is 401 g/mol. The summed E-state index contributed by atoms with van der Waals surface area (Å²) in [6.07, 6.45) is 3.68. The maximum absolute atomic E-state index is 5.44. The van der Waals surface area contributed by atoms with E-state index in [1.165, 1.54) is 24.8 Å². The van der Waals surface area contributed by atoms with Crippen LogP contribution in [0.5, 0.6) is 5.75 Å². The molecule has 0 radical (unpaired) electrons. The third-order valence-corrected chi connectivity index (χ3v) is 6.31. The van der Waals surface area contributed by atoms with Crippen molar-refractivity contribution in [3.63, 3.8) is 0 Å². The van der Waals surface area contributed by atoms with Crippen LogP contribution in [-0.2, 0) is 6.54 Å². The Kier molecular flexibility index (Phi) is 5.13. The number of aromatic nitrogens is 3. The van der Waals surface area contributed by atoms with E-state index in [4.69, 9.17) is 14.7 Å². The Morgan fingerprint density at radius 1 is 1.07 bits per heavy atom. The van der Waals surface area contributed by atoms with Crippen molar-refractivity contribution in [1.82, 2.24) is 19.9 Å². The Labute approximate surface area is 177 Å². The van der Waals surface area contributed by atoms with Crippen LogP contribution >= 0.6 is 0 Å². The lowest BCUT2D eigenvalue weighted by Gasteiger charge is -2.23. The fraction of sp³-hybridized carbons (Fsp3) is 0.360. The summed E-state index contributed by atoms with van der Waals surface area (Å²) in [7, 11) is 1.70. The maximum Gasteiger partial charge on any atom is 0.141 e. The van der Waals surface area contributed by atoms with E-state index in [2.05, 4.69) is 53.2 Å². The molecule has 154 valence electrons. The molecule has 0 unspecified atom stereocenters. The minimum absolute atomic E-state index is 0.765. The maximum atomic E-state index is 5.44. The first kappa shape index (κ1) is 19.1. The van der Waals surface area contributed by atoms with Gasteiger partial charge in [-0.1, -0.05) is 30.3 Å². The zero-order valence-corrected chi connectivity index (χ0v) is 17.7. The monoisotopic (exact) mass is 400 g/mol. The van der Waals surface area contributed by atoms with Crippen LogP contribution in [0.2, 0.25) is 0 Å². The highest BCUT2D eigenvalue weighted by Gasteiger charge is 2.20. The summed E-state index contributed by atoms with van der Waals surface area (Å²) in [5.74, 6) is 2.63. The normalized spacial score (nSPS) is 15.1. The summed E-state index contributed by atoms with van der Waals surface area (Å²) < 4.78 is 7.86. The van der Waals surface area contributed by atoms with Crippen molar-refractivity contribution < 1.29 is 4.74 Å². The SMILES string of the molecule is COc1ccc2c(c1)nc(C)c1nc(-c3ccccc3)n(CCC3CCNCC3)c12. The van der Waals surface area contributed by atoms with E-state index in [9.17, 15) is 0 Å². The fourth-order valence-electron chi connectivity index (χ4n) is 4.65. The zero-order chi connectivity index (χ0) is 20.5. The molecule has 2 aromatic heterocycles. The molecule has 5 rings (SSSR count). The minimum Gasteiger partial charge on any atom is -0.497 e. The van der Waals surface area contributed by atoms with Crippen LogP contribution in [-0.4, -0.2) is 34.7 Å². The highest BCUT2D eigenvalue weighted by Crippen LogP contribution is 2.33. The van der Waals surface area contributed by atoms with E-state index >= 15 is 0 Å². The molecule has 1 saturated heterocycles. The second-order valence-electron chi connectivity index (χ2n) is 8.21. The minimum atomic E-state index is 0.765. The highest BCUT2D eigenvalue weighted by atomic mass is 16.5. The number of hydrogen-bond acceptors (Lipinski definition) is 4. The molecule has 0 aliphatic carbocycles. The summed E-state index contributed by atoms with van der Waals surface area (Å²) in [6, 6.07) is 16.7. The number of pyridine rings is 1. The molecule has 1 fully saturated rings. The van der Waals surface area contributed by atoms with Gasteiger partial charge >= 0.3 is 0 Å². The molecular formula is C25H28N4O. The van der Waals surface area contributed by atoms with Crippen molar-refractivity contribution in [2.45, 2.75) is 32.7 Å². The van der Waals surface area contributed by atoms with Crippen LogP contribution < -0.4 is 10.1 Å². The van der Waals surface area contributed by atoms with Crippen molar-refractivity contribution in [1.29, 1.82) is 0 Å². The Bertz CT molecular complexity index is 1180. The summed E-state index contributed by atoms with van der Waals surface area (Å²) in [5.41, 5.74) is 5.26. The molecule has 5 heteroatoms. The van der Waals surface area contributed by atoms with Crippen LogP contribution in [0.25, 0.3) is 33.3 Å². The molecule has 1 aliphatic rings. The Hall–Kier alpha value is -2.92. The average Bonchev–Trinajstić information content (AvgIpc) is 3.19. The molecule has 0 bridgehead atoms. The largest absolute Gasteiger partial charge is 0.497 e. The number of methoxy groups -OCH3 is 1. The molecule has 4 aromatic rings. The van der Waals surface area contributed by atoms with Crippen molar-refractivity contribution in [3.8, 4) is 17.1 Å². The second-order valence-corrected chi connectivity index (χ2v) is 8.21. The first-order valence-electron chi connectivity index (χ1n) is 10.9. The van der Waals surface area contributed by atoms with Crippen LogP contribution in [0.3, 0.4) is 0 Å². The van der Waals surface area contributed by atoms with Crippen molar-refractivity contribution in [2.24, 2.45) is 5.92 Å². The van der Waals surface area contributed by atoms with Crippen molar-refractivity contribution in [2.75, 3.05) is 20.2 Å². The number of ether oxygens (including phenoxy) is 1. The predicted octanol–water partition coefficient (Wildman–Crippen LogP) is 4.96. The molecule has 0 amide bonds. The number of aryl methyl sites for hydroxylation is 2. The van der Waals surface area contributed by atoms with E-state index in [1.54, 1.807) is 7.11 Å². The second kappa shape index (κ2) is 8.07. The molecule has 1 N–H and O–H groups in total. The van der Waals surface area contributed by atoms with E-state index < -0.39 is 0 Å². The van der Waals surface area contributed by atoms with E-state index in [0.29, 0.717) is 0 Å². The smallest absolute Gasteiger partial charge is 0.141 e. The third kappa shape index (κ3) is 3.43.